The van der Waals surface area contributed by atoms with Crippen molar-refractivity contribution < 1.29 is 28.5 Å². The Morgan fingerprint density at radius 2 is 1.88 bits per heavy atom. The summed E-state index contributed by atoms with van der Waals surface area (Å²) in [5.41, 5.74) is 5.85. The van der Waals surface area contributed by atoms with Gasteiger partial charge in [-0.1, -0.05) is 30.3 Å². The van der Waals surface area contributed by atoms with Gasteiger partial charge in [0.15, 0.2) is 17.7 Å². The fourth-order valence-electron chi connectivity index (χ4n) is 4.58. The topological polar surface area (TPSA) is 98.4 Å². The van der Waals surface area contributed by atoms with Crippen molar-refractivity contribution in [3.8, 4) is 23.0 Å². The average Bonchev–Trinajstić information content (AvgIpc) is 3.46. The van der Waals surface area contributed by atoms with Crippen LogP contribution in [0.15, 0.2) is 84.9 Å². The number of carbonyl (C=O) groups excluding carboxylic acids is 2. The molecular weight excluding hydrogens is 625 g/mol. The Hall–Kier alpha value is -4.45. The van der Waals surface area contributed by atoms with Crippen LogP contribution >= 0.6 is 22.6 Å². The lowest BCUT2D eigenvalue weighted by Gasteiger charge is -2.38. The van der Waals surface area contributed by atoms with Gasteiger partial charge in [-0.25, -0.2) is 5.01 Å². The van der Waals surface area contributed by atoms with Gasteiger partial charge in [0.05, 0.1) is 12.7 Å². The first-order chi connectivity index (χ1) is 19.5. The van der Waals surface area contributed by atoms with Gasteiger partial charge in [0, 0.05) is 20.4 Å². The van der Waals surface area contributed by atoms with Gasteiger partial charge in [-0.2, -0.15) is 0 Å². The first-order valence-corrected chi connectivity index (χ1v) is 13.5. The van der Waals surface area contributed by atoms with Crippen LogP contribution < -0.4 is 29.7 Å². The average molecular weight is 649 g/mol. The van der Waals surface area contributed by atoms with Crippen LogP contribution in [0.25, 0.3) is 0 Å². The van der Waals surface area contributed by atoms with E-state index >= 15 is 0 Å². The van der Waals surface area contributed by atoms with E-state index in [1.165, 1.54) is 5.01 Å². The molecule has 2 heterocycles. The third-order valence-corrected chi connectivity index (χ3v) is 7.25. The number of amides is 2. The first kappa shape index (κ1) is 25.8. The number of halogens is 1. The summed E-state index contributed by atoms with van der Waals surface area (Å²) in [6.45, 7) is 0.381. The molecule has 202 valence electrons. The van der Waals surface area contributed by atoms with Crippen molar-refractivity contribution >= 4 is 40.1 Å². The predicted molar refractivity (Wildman–Crippen MR) is 155 cm³/mol. The summed E-state index contributed by atoms with van der Waals surface area (Å²) in [5, 5.41) is 4.72. The molecule has 4 aromatic rings. The van der Waals surface area contributed by atoms with Gasteiger partial charge < -0.3 is 24.3 Å². The van der Waals surface area contributed by atoms with E-state index < -0.39 is 12.1 Å². The Morgan fingerprint density at radius 3 is 2.75 bits per heavy atom. The molecule has 0 fully saturated rings. The lowest BCUT2D eigenvalue weighted by atomic mass is 10.0. The molecule has 2 N–H and O–H groups in total. The van der Waals surface area contributed by atoms with Crippen molar-refractivity contribution in [3.63, 3.8) is 0 Å². The molecule has 1 unspecified atom stereocenters. The van der Waals surface area contributed by atoms with Crippen LogP contribution in [0.2, 0.25) is 0 Å². The van der Waals surface area contributed by atoms with Crippen molar-refractivity contribution in [2.75, 3.05) is 19.2 Å². The molecule has 4 aromatic carbocycles. The molecule has 0 aliphatic carbocycles. The predicted octanol–water partition coefficient (Wildman–Crippen LogP) is 5.52. The Labute approximate surface area is 244 Å². The van der Waals surface area contributed by atoms with E-state index in [9.17, 15) is 9.59 Å². The van der Waals surface area contributed by atoms with E-state index in [-0.39, 0.29) is 19.3 Å². The van der Waals surface area contributed by atoms with Crippen LogP contribution in [0, 0.1) is 3.57 Å². The zero-order chi connectivity index (χ0) is 27.6. The molecule has 0 saturated carbocycles. The van der Waals surface area contributed by atoms with Gasteiger partial charge >= 0.3 is 0 Å². The third-order valence-electron chi connectivity index (χ3n) is 6.58. The highest BCUT2D eigenvalue weighted by Gasteiger charge is 2.36. The van der Waals surface area contributed by atoms with Crippen LogP contribution in [0.4, 0.5) is 5.69 Å². The van der Waals surface area contributed by atoms with Crippen LogP contribution in [0.3, 0.4) is 0 Å². The summed E-state index contributed by atoms with van der Waals surface area (Å²) in [5.74, 6) is 1.51. The Bertz CT molecular complexity index is 1610. The van der Waals surface area contributed by atoms with Gasteiger partial charge in [-0.05, 0) is 82.8 Å². The minimum Gasteiger partial charge on any atom is -0.497 e. The fourth-order valence-corrected chi connectivity index (χ4v) is 5.07. The molecule has 6 rings (SSSR count). The Balaban J connectivity index is 1.33. The summed E-state index contributed by atoms with van der Waals surface area (Å²) >= 11 is 2.16. The highest BCUT2D eigenvalue weighted by Crippen LogP contribution is 2.37. The first-order valence-electron chi connectivity index (χ1n) is 12.4. The number of fused-ring (bicyclic) bond motifs is 2. The SMILES string of the molecule is COc1cccc(COc2ccccc2C2Nc3ccc(I)cc3C(=O)N2NC(=O)c2ccc3c(c2)OCO3)c1. The number of nitrogens with one attached hydrogen (secondary N) is 2. The molecule has 0 saturated heterocycles. The second kappa shape index (κ2) is 11.0. The second-order valence-electron chi connectivity index (χ2n) is 9.10. The van der Waals surface area contributed by atoms with E-state index in [1.54, 1.807) is 31.4 Å². The highest BCUT2D eigenvalue weighted by atomic mass is 127. The Morgan fingerprint density at radius 1 is 1.02 bits per heavy atom. The molecular formula is C30H24IN3O6. The van der Waals surface area contributed by atoms with Crippen molar-refractivity contribution in [1.82, 2.24) is 10.4 Å². The van der Waals surface area contributed by atoms with E-state index in [2.05, 4.69) is 33.3 Å². The molecule has 2 amide bonds. The van der Waals surface area contributed by atoms with Gasteiger partial charge in [-0.3, -0.25) is 15.0 Å². The number of methoxy groups -OCH3 is 1. The molecule has 40 heavy (non-hydrogen) atoms. The van der Waals surface area contributed by atoms with Crippen molar-refractivity contribution in [3.05, 3.63) is 111 Å². The van der Waals surface area contributed by atoms with Gasteiger partial charge in [-0.15, -0.1) is 0 Å². The number of hydrogen-bond acceptors (Lipinski definition) is 7. The number of anilines is 1. The summed E-state index contributed by atoms with van der Waals surface area (Å²) in [4.78, 5) is 27.2. The van der Waals surface area contributed by atoms with Crippen LogP contribution in [-0.4, -0.2) is 30.7 Å². The maximum Gasteiger partial charge on any atom is 0.276 e. The number of benzene rings is 4. The number of nitrogens with zero attached hydrogens (tertiary/aromatic N) is 1. The van der Waals surface area contributed by atoms with Gasteiger partial charge in [0.25, 0.3) is 11.8 Å². The number of para-hydroxylation sites is 1. The third kappa shape index (κ3) is 5.09. The normalized spacial score (nSPS) is 15.2. The highest BCUT2D eigenvalue weighted by molar-refractivity contribution is 14.1. The zero-order valence-corrected chi connectivity index (χ0v) is 23.5. The summed E-state index contributed by atoms with van der Waals surface area (Å²) in [7, 11) is 1.62. The maximum absolute atomic E-state index is 13.8. The van der Waals surface area contributed by atoms with Gasteiger partial charge in [0.2, 0.25) is 6.79 Å². The molecule has 9 nitrogen and oxygen atoms in total. The van der Waals surface area contributed by atoms with Crippen LogP contribution in [0.1, 0.15) is 38.0 Å². The monoisotopic (exact) mass is 649 g/mol. The molecule has 0 radical (unpaired) electrons. The van der Waals surface area contributed by atoms with Crippen LogP contribution in [-0.2, 0) is 6.61 Å². The maximum atomic E-state index is 13.8. The zero-order valence-electron chi connectivity index (χ0n) is 21.3. The van der Waals surface area contributed by atoms with E-state index in [1.807, 2.05) is 60.7 Å². The fraction of sp³-hybridized carbons (Fsp3) is 0.133. The van der Waals surface area contributed by atoms with E-state index in [4.69, 9.17) is 18.9 Å². The summed E-state index contributed by atoms with van der Waals surface area (Å²) in [6, 6.07) is 25.5. The van der Waals surface area contributed by atoms with Crippen molar-refractivity contribution in [1.29, 1.82) is 0 Å². The van der Waals surface area contributed by atoms with E-state index in [0.29, 0.717) is 39.6 Å². The molecule has 0 aromatic heterocycles. The summed E-state index contributed by atoms with van der Waals surface area (Å²) < 4.78 is 23.2. The smallest absolute Gasteiger partial charge is 0.276 e. The molecule has 0 bridgehead atoms. The molecule has 1 atom stereocenters. The number of rotatable bonds is 7. The molecule has 0 spiro atoms. The number of hydrazine groups is 1. The minimum absolute atomic E-state index is 0.0962. The standard InChI is InChI=1S/C30H24IN3O6/c1-37-21-6-4-5-18(13-21)16-38-25-8-3-2-7-22(25)28-32-24-11-10-20(31)15-23(24)30(36)34(28)33-29(35)19-9-12-26-27(14-19)40-17-39-26/h2-15,28,32H,16-17H2,1H3,(H,33,35). The van der Waals surface area contributed by atoms with Crippen molar-refractivity contribution in [2.24, 2.45) is 0 Å². The molecule has 2 aliphatic heterocycles. The number of hydrogen-bond donors (Lipinski definition) is 2. The minimum atomic E-state index is -0.750. The van der Waals surface area contributed by atoms with E-state index in [0.717, 1.165) is 14.9 Å². The van der Waals surface area contributed by atoms with Crippen LogP contribution in [0.5, 0.6) is 23.0 Å². The largest absolute Gasteiger partial charge is 0.497 e. The number of carbonyl (C=O) groups is 2. The lowest BCUT2D eigenvalue weighted by Crippen LogP contribution is -2.53. The summed E-state index contributed by atoms with van der Waals surface area (Å²) in [6.07, 6.45) is -0.750. The Kier molecular flexibility index (Phi) is 7.08. The van der Waals surface area contributed by atoms with Crippen molar-refractivity contribution in [2.45, 2.75) is 12.8 Å². The number of ether oxygens (including phenoxy) is 4. The second-order valence-corrected chi connectivity index (χ2v) is 10.3. The lowest BCUT2D eigenvalue weighted by molar-refractivity contribution is 0.0487. The quantitative estimate of drug-likeness (QED) is 0.255. The molecule has 10 heteroatoms. The molecule has 2 aliphatic rings. The van der Waals surface area contributed by atoms with Gasteiger partial charge in [0.1, 0.15) is 18.1 Å².